The Bertz CT molecular complexity index is 579. The number of methoxy groups -OCH3 is 1. The van der Waals surface area contributed by atoms with E-state index in [4.69, 9.17) is 4.74 Å². The molecule has 0 amide bonds. The molecular formula is C16H20N2O. The van der Waals surface area contributed by atoms with E-state index < -0.39 is 0 Å². The molecule has 1 aromatic carbocycles. The van der Waals surface area contributed by atoms with Gasteiger partial charge in [-0.2, -0.15) is 0 Å². The van der Waals surface area contributed by atoms with Gasteiger partial charge in [0.1, 0.15) is 11.6 Å². The van der Waals surface area contributed by atoms with Gasteiger partial charge in [-0.05, 0) is 50.1 Å². The van der Waals surface area contributed by atoms with Crippen molar-refractivity contribution in [1.82, 2.24) is 4.98 Å². The van der Waals surface area contributed by atoms with Gasteiger partial charge in [-0.1, -0.05) is 12.1 Å². The average Bonchev–Trinajstić information content (AvgIpc) is 2.42. The Hall–Kier alpha value is -2.03. The predicted molar refractivity (Wildman–Crippen MR) is 79.9 cm³/mol. The number of benzene rings is 1. The first-order valence-corrected chi connectivity index (χ1v) is 6.52. The van der Waals surface area contributed by atoms with Gasteiger partial charge in [-0.15, -0.1) is 0 Å². The Morgan fingerprint density at radius 3 is 2.63 bits per heavy atom. The maximum absolute atomic E-state index is 5.55. The third-order valence-corrected chi connectivity index (χ3v) is 3.26. The molecule has 19 heavy (non-hydrogen) atoms. The second-order valence-electron chi connectivity index (χ2n) is 4.53. The molecule has 3 heteroatoms. The molecule has 1 N–H and O–H groups in total. The first kappa shape index (κ1) is 13.4. The number of ether oxygens (including phenoxy) is 1. The fourth-order valence-corrected chi connectivity index (χ4v) is 2.12. The second kappa shape index (κ2) is 5.74. The molecule has 0 unspecified atom stereocenters. The van der Waals surface area contributed by atoms with E-state index >= 15 is 0 Å². The van der Waals surface area contributed by atoms with Crippen LogP contribution in [0.1, 0.15) is 18.1 Å². The number of hydrogen-bond acceptors (Lipinski definition) is 3. The molecule has 1 heterocycles. The van der Waals surface area contributed by atoms with E-state index in [1.807, 2.05) is 18.2 Å². The van der Waals surface area contributed by atoms with E-state index in [0.717, 1.165) is 34.9 Å². The van der Waals surface area contributed by atoms with Crippen molar-refractivity contribution in [2.75, 3.05) is 19.0 Å². The summed E-state index contributed by atoms with van der Waals surface area (Å²) in [7, 11) is 1.71. The van der Waals surface area contributed by atoms with E-state index in [1.165, 1.54) is 5.56 Å². The number of hydrogen-bond donors (Lipinski definition) is 1. The van der Waals surface area contributed by atoms with Crippen LogP contribution in [-0.2, 0) is 0 Å². The quantitative estimate of drug-likeness (QED) is 0.903. The number of aromatic nitrogens is 1. The number of anilines is 1. The molecule has 2 rings (SSSR count). The summed E-state index contributed by atoms with van der Waals surface area (Å²) in [6, 6.07) is 10.2. The van der Waals surface area contributed by atoms with Crippen molar-refractivity contribution < 1.29 is 4.74 Å². The van der Waals surface area contributed by atoms with Crippen LogP contribution in [0, 0.1) is 13.8 Å². The zero-order valence-electron chi connectivity index (χ0n) is 11.9. The largest absolute Gasteiger partial charge is 0.496 e. The lowest BCUT2D eigenvalue weighted by atomic mass is 10.0. The van der Waals surface area contributed by atoms with Crippen LogP contribution < -0.4 is 10.1 Å². The predicted octanol–water partition coefficient (Wildman–Crippen LogP) is 3.81. The van der Waals surface area contributed by atoms with Crippen molar-refractivity contribution in [3.63, 3.8) is 0 Å². The summed E-state index contributed by atoms with van der Waals surface area (Å²) in [5.41, 5.74) is 4.35. The van der Waals surface area contributed by atoms with Gasteiger partial charge in [0.2, 0.25) is 0 Å². The summed E-state index contributed by atoms with van der Waals surface area (Å²) in [5, 5.41) is 3.23. The van der Waals surface area contributed by atoms with Crippen molar-refractivity contribution in [3.05, 3.63) is 41.5 Å². The Labute approximate surface area is 114 Å². The molecule has 0 fully saturated rings. The highest BCUT2D eigenvalue weighted by Crippen LogP contribution is 2.33. The van der Waals surface area contributed by atoms with Crippen molar-refractivity contribution in [2.24, 2.45) is 0 Å². The fourth-order valence-electron chi connectivity index (χ4n) is 2.12. The number of aryl methyl sites for hydroxylation is 1. The molecule has 0 aliphatic carbocycles. The van der Waals surface area contributed by atoms with Gasteiger partial charge in [0, 0.05) is 12.1 Å². The van der Waals surface area contributed by atoms with Gasteiger partial charge >= 0.3 is 0 Å². The summed E-state index contributed by atoms with van der Waals surface area (Å²) in [5.74, 6) is 1.79. The van der Waals surface area contributed by atoms with Crippen LogP contribution in [0.15, 0.2) is 30.3 Å². The SMILES string of the molecule is CCNc1cccc(-c2ccc(C)c(C)c2OC)n1. The zero-order valence-corrected chi connectivity index (χ0v) is 11.9. The Morgan fingerprint density at radius 2 is 1.95 bits per heavy atom. The minimum absolute atomic E-state index is 0.862. The van der Waals surface area contributed by atoms with Crippen LogP contribution >= 0.6 is 0 Å². The molecule has 0 radical (unpaired) electrons. The van der Waals surface area contributed by atoms with Gasteiger partial charge < -0.3 is 10.1 Å². The Kier molecular flexibility index (Phi) is 4.05. The van der Waals surface area contributed by atoms with Crippen LogP contribution in [0.2, 0.25) is 0 Å². The maximum atomic E-state index is 5.55. The smallest absolute Gasteiger partial charge is 0.131 e. The third-order valence-electron chi connectivity index (χ3n) is 3.26. The maximum Gasteiger partial charge on any atom is 0.131 e. The van der Waals surface area contributed by atoms with Crippen LogP contribution in [0.5, 0.6) is 5.75 Å². The van der Waals surface area contributed by atoms with E-state index in [1.54, 1.807) is 7.11 Å². The lowest BCUT2D eigenvalue weighted by Gasteiger charge is -2.13. The number of nitrogens with zero attached hydrogens (tertiary/aromatic N) is 1. The lowest BCUT2D eigenvalue weighted by molar-refractivity contribution is 0.413. The molecule has 0 saturated carbocycles. The molecule has 0 aliphatic heterocycles. The topological polar surface area (TPSA) is 34.1 Å². The number of rotatable bonds is 4. The molecule has 100 valence electrons. The monoisotopic (exact) mass is 256 g/mol. The average molecular weight is 256 g/mol. The minimum atomic E-state index is 0.862. The van der Waals surface area contributed by atoms with E-state index in [9.17, 15) is 0 Å². The molecule has 1 aromatic heterocycles. The molecule has 0 saturated heterocycles. The van der Waals surface area contributed by atoms with Gasteiger partial charge in [0.25, 0.3) is 0 Å². The Balaban J connectivity index is 2.52. The van der Waals surface area contributed by atoms with Crippen LogP contribution in [0.3, 0.4) is 0 Å². The van der Waals surface area contributed by atoms with Crippen LogP contribution in [-0.4, -0.2) is 18.6 Å². The van der Waals surface area contributed by atoms with Crippen LogP contribution in [0.4, 0.5) is 5.82 Å². The highest BCUT2D eigenvalue weighted by Gasteiger charge is 2.11. The van der Waals surface area contributed by atoms with Crippen molar-refractivity contribution >= 4 is 5.82 Å². The number of pyridine rings is 1. The van der Waals surface area contributed by atoms with Gasteiger partial charge in [0.05, 0.1) is 12.8 Å². The molecule has 0 bridgehead atoms. The number of nitrogens with one attached hydrogen (secondary N) is 1. The molecular weight excluding hydrogens is 236 g/mol. The molecule has 3 nitrogen and oxygen atoms in total. The fraction of sp³-hybridized carbons (Fsp3) is 0.312. The Morgan fingerprint density at radius 1 is 1.16 bits per heavy atom. The first-order chi connectivity index (χ1) is 9.17. The highest BCUT2D eigenvalue weighted by molar-refractivity contribution is 5.71. The molecule has 2 aromatic rings. The van der Waals surface area contributed by atoms with Crippen LogP contribution in [0.25, 0.3) is 11.3 Å². The summed E-state index contributed by atoms with van der Waals surface area (Å²) in [6.07, 6.45) is 0. The zero-order chi connectivity index (χ0) is 13.8. The lowest BCUT2D eigenvalue weighted by Crippen LogP contribution is -2.00. The normalized spacial score (nSPS) is 10.3. The summed E-state index contributed by atoms with van der Waals surface area (Å²) < 4.78 is 5.55. The first-order valence-electron chi connectivity index (χ1n) is 6.52. The van der Waals surface area contributed by atoms with Gasteiger partial charge in [-0.25, -0.2) is 4.98 Å². The highest BCUT2D eigenvalue weighted by atomic mass is 16.5. The van der Waals surface area contributed by atoms with E-state index in [2.05, 4.69) is 43.2 Å². The molecule has 0 atom stereocenters. The van der Waals surface area contributed by atoms with Crippen molar-refractivity contribution in [3.8, 4) is 17.0 Å². The van der Waals surface area contributed by atoms with E-state index in [-0.39, 0.29) is 0 Å². The molecule has 0 spiro atoms. The summed E-state index contributed by atoms with van der Waals surface area (Å²) in [6.45, 7) is 7.08. The standard InChI is InChI=1S/C16H20N2O/c1-5-17-15-8-6-7-14(18-15)13-10-9-11(2)12(3)16(13)19-4/h6-10H,5H2,1-4H3,(H,17,18). The summed E-state index contributed by atoms with van der Waals surface area (Å²) in [4.78, 5) is 4.62. The van der Waals surface area contributed by atoms with E-state index in [0.29, 0.717) is 0 Å². The second-order valence-corrected chi connectivity index (χ2v) is 4.53. The van der Waals surface area contributed by atoms with Crippen molar-refractivity contribution in [1.29, 1.82) is 0 Å². The summed E-state index contributed by atoms with van der Waals surface area (Å²) >= 11 is 0. The molecule has 0 aliphatic rings. The van der Waals surface area contributed by atoms with Gasteiger partial charge in [-0.3, -0.25) is 0 Å². The minimum Gasteiger partial charge on any atom is -0.496 e. The van der Waals surface area contributed by atoms with Gasteiger partial charge in [0.15, 0.2) is 0 Å². The third kappa shape index (κ3) is 2.70. The van der Waals surface area contributed by atoms with Crippen molar-refractivity contribution in [2.45, 2.75) is 20.8 Å².